The molecule has 6 aromatic rings. The number of thiophene rings is 3. The molecule has 0 aliphatic carbocycles. The molecule has 0 atom stereocenters. The monoisotopic (exact) mass is 972 g/mol. The fraction of sp³-hybridized carbons (Fsp3) is 0.133. The molecule has 2 aliphatic heterocycles. The summed E-state index contributed by atoms with van der Waals surface area (Å²) in [7, 11) is -2.47. The number of nitrogens with zero attached hydrogens (tertiary/aromatic N) is 2. The van der Waals surface area contributed by atoms with Crippen LogP contribution < -0.4 is 15.9 Å². The van der Waals surface area contributed by atoms with Crippen LogP contribution in [0.4, 0.5) is 11.4 Å². The molecular formula is C45H37N2OOsPS4+. The van der Waals surface area contributed by atoms with E-state index in [0.29, 0.717) is 13.2 Å². The number of rotatable bonds is 9. The van der Waals surface area contributed by atoms with Crippen LogP contribution in [0.2, 0.25) is 0 Å². The normalized spacial score (nSPS) is 15.9. The number of allylic oxidation sites excluding steroid dienone is 5. The van der Waals surface area contributed by atoms with Crippen molar-refractivity contribution in [2.24, 2.45) is 8.73 Å². The molecule has 0 bridgehead atoms. The predicted octanol–water partition coefficient (Wildman–Crippen LogP) is 12.7. The van der Waals surface area contributed by atoms with Crippen molar-refractivity contribution in [3.8, 4) is 23.9 Å². The molecule has 0 unspecified atom stereocenters. The van der Waals surface area contributed by atoms with Crippen molar-refractivity contribution in [3.05, 3.63) is 159 Å². The van der Waals surface area contributed by atoms with Gasteiger partial charge in [0.15, 0.2) is 0 Å². The van der Waals surface area contributed by atoms with Crippen molar-refractivity contribution in [1.29, 1.82) is 0 Å². The number of ether oxygens (including phenoxy) is 1. The summed E-state index contributed by atoms with van der Waals surface area (Å²) in [5.41, 5.74) is 8.18. The van der Waals surface area contributed by atoms with Gasteiger partial charge in [-0.3, -0.25) is 0 Å². The number of aryl methyl sites for hydroxylation is 2. The van der Waals surface area contributed by atoms with Crippen molar-refractivity contribution >= 4 is 91.6 Å². The number of fused-ring (bicyclic) bond motifs is 1. The van der Waals surface area contributed by atoms with Gasteiger partial charge in [0.25, 0.3) is 0 Å². The van der Waals surface area contributed by atoms with Crippen LogP contribution in [-0.4, -0.2) is 13.2 Å². The summed E-state index contributed by atoms with van der Waals surface area (Å²) in [5, 5.41) is 5.14. The molecule has 0 N–H and O–H groups in total. The molecule has 3 nitrogen and oxygen atoms in total. The summed E-state index contributed by atoms with van der Waals surface area (Å²) in [6.45, 7) is 9.85. The Bertz CT molecular complexity index is 2520. The Morgan fingerprint density at radius 2 is 1.26 bits per heavy atom. The molecule has 9 heteroatoms. The van der Waals surface area contributed by atoms with Gasteiger partial charge < -0.3 is 0 Å². The van der Waals surface area contributed by atoms with Gasteiger partial charge in [0.05, 0.1) is 0 Å². The third kappa shape index (κ3) is 6.68. The Kier molecular flexibility index (Phi) is 11.2. The Labute approximate surface area is 343 Å². The molecule has 3 aromatic heterocycles. The average Bonchev–Trinajstić information content (AvgIpc) is 4.05. The molecule has 269 valence electrons. The fourth-order valence-corrected chi connectivity index (χ4v) is 17.4. The van der Waals surface area contributed by atoms with Crippen LogP contribution in [0, 0.1) is 18.2 Å². The molecule has 1 fully saturated rings. The first kappa shape index (κ1) is 37.3. The zero-order chi connectivity index (χ0) is 37.2. The first-order chi connectivity index (χ1) is 26.5. The van der Waals surface area contributed by atoms with Gasteiger partial charge in [-0.05, 0) is 19.9 Å². The van der Waals surface area contributed by atoms with Gasteiger partial charge in [-0.15, -0.1) is 0 Å². The molecule has 8 rings (SSSR count). The van der Waals surface area contributed by atoms with E-state index in [1.54, 1.807) is 0 Å². The third-order valence-corrected chi connectivity index (χ3v) is 19.6. The molecule has 1 saturated heterocycles. The van der Waals surface area contributed by atoms with Crippen molar-refractivity contribution < 1.29 is 22.7 Å². The maximum absolute atomic E-state index is 6.08. The maximum atomic E-state index is 6.08. The summed E-state index contributed by atoms with van der Waals surface area (Å²) >= 11 is 8.64. The number of hydrogen-bond donors (Lipinski definition) is 0. The summed E-state index contributed by atoms with van der Waals surface area (Å²) in [4.78, 5) is 7.37. The minimum atomic E-state index is -2.47. The minimum absolute atomic E-state index is 0.585. The van der Waals surface area contributed by atoms with Crippen molar-refractivity contribution in [1.82, 2.24) is 0 Å². The van der Waals surface area contributed by atoms with Crippen LogP contribution in [0.3, 0.4) is 0 Å². The van der Waals surface area contributed by atoms with Gasteiger partial charge in [0, 0.05) is 0 Å². The third-order valence-electron chi connectivity index (χ3n) is 9.71. The molecule has 5 heterocycles. The topological polar surface area (TPSA) is 34.0 Å². The Morgan fingerprint density at radius 3 is 1.80 bits per heavy atom. The van der Waals surface area contributed by atoms with Crippen molar-refractivity contribution in [3.63, 3.8) is 0 Å². The Morgan fingerprint density at radius 1 is 0.722 bits per heavy atom. The van der Waals surface area contributed by atoms with Crippen LogP contribution in [0.5, 0.6) is 0 Å². The van der Waals surface area contributed by atoms with Gasteiger partial charge >= 0.3 is 320 Å². The zero-order valence-corrected chi connectivity index (χ0v) is 37.0. The summed E-state index contributed by atoms with van der Waals surface area (Å²) in [5.74, 6) is 0. The first-order valence-corrected chi connectivity index (χ1v) is 23.9. The van der Waals surface area contributed by atoms with Crippen LogP contribution in [0.1, 0.15) is 34.7 Å². The van der Waals surface area contributed by atoms with Gasteiger partial charge in [0.1, 0.15) is 0 Å². The van der Waals surface area contributed by atoms with E-state index in [4.69, 9.17) is 13.5 Å². The zero-order valence-electron chi connectivity index (χ0n) is 30.3. The SMILES string of the molecule is CC=C1COCC1=CC(=C([C]#[Os])[P+](c1ccccc1)(c1ccccc1)c1ccccc1)c1sc(-c2sc(-c3cc(C)c(/C=C/C)s3)c3c2N=S=N3)cc1C. The summed E-state index contributed by atoms with van der Waals surface area (Å²) in [6.07, 6.45) is 8.93. The van der Waals surface area contributed by atoms with Crippen molar-refractivity contribution in [2.75, 3.05) is 13.2 Å². The van der Waals surface area contributed by atoms with E-state index in [1.165, 1.54) is 89.7 Å². The van der Waals surface area contributed by atoms with Gasteiger partial charge in [-0.1, -0.05) is 6.08 Å². The summed E-state index contributed by atoms with van der Waals surface area (Å²) in [6, 6.07) is 38.0. The molecule has 0 radical (unpaired) electrons. The van der Waals surface area contributed by atoms with Crippen LogP contribution >= 0.6 is 41.3 Å². The van der Waals surface area contributed by atoms with E-state index in [1.807, 2.05) is 52.0 Å². The number of benzene rings is 3. The van der Waals surface area contributed by atoms with Gasteiger partial charge in [-0.25, -0.2) is 0 Å². The molecule has 54 heavy (non-hydrogen) atoms. The Hall–Kier alpha value is -3.65. The van der Waals surface area contributed by atoms with Crippen molar-refractivity contribution in [2.45, 2.75) is 27.7 Å². The molecule has 0 spiro atoms. The van der Waals surface area contributed by atoms with E-state index < -0.39 is 7.26 Å². The molecule has 0 saturated carbocycles. The number of hydrogen-bond acceptors (Lipinski definition) is 6. The van der Waals surface area contributed by atoms with E-state index >= 15 is 0 Å². The average molecular weight is 971 g/mol. The van der Waals surface area contributed by atoms with E-state index in [2.05, 4.69) is 159 Å². The van der Waals surface area contributed by atoms with E-state index in [0.717, 1.165) is 11.4 Å². The molecule has 2 aliphatic rings. The second-order valence-corrected chi connectivity index (χ2v) is 20.7. The fourth-order valence-electron chi connectivity index (χ4n) is 7.16. The Balaban J connectivity index is 1.42. The first-order valence-electron chi connectivity index (χ1n) is 17.7. The second kappa shape index (κ2) is 16.2. The second-order valence-electron chi connectivity index (χ2n) is 13.0. The summed E-state index contributed by atoms with van der Waals surface area (Å²) < 4.78 is 19.7. The van der Waals surface area contributed by atoms with E-state index in [-0.39, 0.29) is 0 Å². The standard InChI is InChI=1S/C45H37N2OPS4.Os/c1-6-17-38-29(3)24-39(50-38)44-41-42(47-53-46-41)45(52-44)40-25-30(4)43(51-40)37(26-33-28-48-27-32(33)7-2)31(5)49(34-18-11-8-12-19-34,35-20-13-9-14-21-35)36-22-15-10-16-23-36;/h6-26H,27-28H2,1-4H3;/q+1;/b17-6+,32-7?,33-26?,37-31?;. The van der Waals surface area contributed by atoms with Gasteiger partial charge in [0.2, 0.25) is 0 Å². The quantitative estimate of drug-likeness (QED) is 0.133. The van der Waals surface area contributed by atoms with Gasteiger partial charge in [-0.2, -0.15) is 0 Å². The van der Waals surface area contributed by atoms with Crippen LogP contribution in [0.15, 0.2) is 147 Å². The van der Waals surface area contributed by atoms with Crippen LogP contribution in [0.25, 0.3) is 31.2 Å². The van der Waals surface area contributed by atoms with E-state index in [9.17, 15) is 0 Å². The molecule has 3 aromatic carbocycles. The molecule has 0 amide bonds. The molecular weight excluding hydrogens is 934 g/mol. The van der Waals surface area contributed by atoms with Crippen LogP contribution in [-0.2, 0) is 34.0 Å². The predicted molar refractivity (Wildman–Crippen MR) is 235 cm³/mol.